The van der Waals surface area contributed by atoms with Gasteiger partial charge in [-0.15, -0.1) is 0 Å². The van der Waals surface area contributed by atoms with Crippen molar-refractivity contribution in [3.63, 3.8) is 0 Å². The van der Waals surface area contributed by atoms with Gasteiger partial charge in [0.15, 0.2) is 17.5 Å². The zero-order valence-corrected chi connectivity index (χ0v) is 18.7. The minimum absolute atomic E-state index is 0.172. The van der Waals surface area contributed by atoms with Crippen LogP contribution in [0.2, 0.25) is 0 Å². The van der Waals surface area contributed by atoms with Gasteiger partial charge >= 0.3 is 0 Å². The number of hydrogen-bond donors (Lipinski definition) is 0. The van der Waals surface area contributed by atoms with E-state index in [1.54, 1.807) is 6.07 Å². The fourth-order valence-corrected chi connectivity index (χ4v) is 7.32. The summed E-state index contributed by atoms with van der Waals surface area (Å²) in [5, 5.41) is 0.642. The van der Waals surface area contributed by atoms with Crippen LogP contribution in [0.5, 0.6) is 0 Å². The van der Waals surface area contributed by atoms with E-state index < -0.39 is 17.5 Å². The summed E-state index contributed by atoms with van der Waals surface area (Å²) in [6.45, 7) is 2.36. The van der Waals surface area contributed by atoms with E-state index in [2.05, 4.69) is 6.92 Å². The van der Waals surface area contributed by atoms with E-state index in [9.17, 15) is 13.2 Å². The van der Waals surface area contributed by atoms with Crippen LogP contribution in [-0.2, 0) is 0 Å². The molecule has 0 saturated heterocycles. The van der Waals surface area contributed by atoms with Gasteiger partial charge < -0.3 is 0 Å². The molecule has 3 aliphatic carbocycles. The standard InChI is InChI=1S/C28H35F3/c1-2-17-3-4-23-14-21(10-9-20(23)13-17)18-5-7-19(8-6-18)22-11-12-25-24(15-22)16-26(29)28(31)27(25)30/h11-12,15-21,23H,2-10,13-14H2,1H3. The van der Waals surface area contributed by atoms with Crippen LogP contribution in [0.3, 0.4) is 0 Å². The average molecular weight is 429 g/mol. The molecule has 3 fully saturated rings. The molecule has 2 aromatic carbocycles. The Bertz CT molecular complexity index is 927. The van der Waals surface area contributed by atoms with Crippen LogP contribution in [0, 0.1) is 47.0 Å². The van der Waals surface area contributed by atoms with E-state index in [1.165, 1.54) is 57.8 Å². The van der Waals surface area contributed by atoms with Crippen molar-refractivity contribution in [1.29, 1.82) is 0 Å². The summed E-state index contributed by atoms with van der Waals surface area (Å²) >= 11 is 0. The molecule has 0 nitrogen and oxygen atoms in total. The summed E-state index contributed by atoms with van der Waals surface area (Å²) < 4.78 is 41.2. The highest BCUT2D eigenvalue weighted by Crippen LogP contribution is 2.50. The second kappa shape index (κ2) is 8.79. The van der Waals surface area contributed by atoms with E-state index in [0.29, 0.717) is 11.3 Å². The molecule has 5 rings (SSSR count). The summed E-state index contributed by atoms with van der Waals surface area (Å²) in [5.41, 5.74) is 1.15. The van der Waals surface area contributed by atoms with Gasteiger partial charge in [-0.1, -0.05) is 38.0 Å². The molecule has 3 heteroatoms. The predicted molar refractivity (Wildman–Crippen MR) is 120 cm³/mol. The monoisotopic (exact) mass is 428 g/mol. The maximum absolute atomic E-state index is 14.0. The molecule has 0 amide bonds. The highest BCUT2D eigenvalue weighted by atomic mass is 19.2. The first-order chi connectivity index (χ1) is 15.0. The van der Waals surface area contributed by atoms with Crippen molar-refractivity contribution >= 4 is 10.8 Å². The summed E-state index contributed by atoms with van der Waals surface area (Å²) in [7, 11) is 0. The lowest BCUT2D eigenvalue weighted by Crippen LogP contribution is -2.34. The van der Waals surface area contributed by atoms with Crippen LogP contribution in [0.25, 0.3) is 10.8 Å². The average Bonchev–Trinajstić information content (AvgIpc) is 2.81. The second-order valence-electron chi connectivity index (χ2n) is 10.8. The largest absolute Gasteiger partial charge is 0.204 e. The SMILES string of the molecule is CCC1CCC2CC(C3CCC(c4ccc5c(F)c(F)c(F)cc5c4)CC3)CCC2C1. The lowest BCUT2D eigenvalue weighted by Gasteiger charge is -2.45. The molecule has 0 bridgehead atoms. The lowest BCUT2D eigenvalue weighted by atomic mass is 9.60. The number of hydrogen-bond acceptors (Lipinski definition) is 0. The predicted octanol–water partition coefficient (Wildman–Crippen LogP) is 8.77. The van der Waals surface area contributed by atoms with Gasteiger partial charge in [0, 0.05) is 5.39 Å². The van der Waals surface area contributed by atoms with Crippen molar-refractivity contribution in [2.45, 2.75) is 83.5 Å². The Kier molecular flexibility index (Phi) is 6.05. The van der Waals surface area contributed by atoms with Gasteiger partial charge in [0.2, 0.25) is 0 Å². The molecule has 3 aliphatic rings. The Balaban J connectivity index is 1.21. The third kappa shape index (κ3) is 4.14. The maximum atomic E-state index is 14.0. The Morgan fingerprint density at radius 2 is 1.35 bits per heavy atom. The van der Waals surface area contributed by atoms with Crippen molar-refractivity contribution in [2.75, 3.05) is 0 Å². The highest BCUT2D eigenvalue weighted by Gasteiger charge is 2.38. The van der Waals surface area contributed by atoms with Crippen molar-refractivity contribution in [1.82, 2.24) is 0 Å². The lowest BCUT2D eigenvalue weighted by molar-refractivity contribution is 0.0629. The van der Waals surface area contributed by atoms with Gasteiger partial charge in [0.1, 0.15) is 0 Å². The minimum atomic E-state index is -1.38. The Hall–Kier alpha value is -1.51. The highest BCUT2D eigenvalue weighted by molar-refractivity contribution is 5.84. The third-order valence-corrected chi connectivity index (χ3v) is 9.25. The molecule has 4 atom stereocenters. The molecule has 168 valence electrons. The van der Waals surface area contributed by atoms with Gasteiger partial charge in [0.05, 0.1) is 0 Å². The Labute approximate surface area is 184 Å². The van der Waals surface area contributed by atoms with Crippen molar-refractivity contribution in [3.8, 4) is 0 Å². The minimum Gasteiger partial charge on any atom is -0.204 e. The van der Waals surface area contributed by atoms with Crippen LogP contribution in [0.1, 0.15) is 89.0 Å². The molecule has 0 heterocycles. The Morgan fingerprint density at radius 1 is 0.710 bits per heavy atom. The second-order valence-corrected chi connectivity index (χ2v) is 10.8. The van der Waals surface area contributed by atoms with Gasteiger partial charge in [-0.05, 0) is 110 Å². The van der Waals surface area contributed by atoms with Crippen LogP contribution >= 0.6 is 0 Å². The number of fused-ring (bicyclic) bond motifs is 2. The first kappa shape index (κ1) is 21.3. The molecule has 0 spiro atoms. The maximum Gasteiger partial charge on any atom is 0.195 e. The van der Waals surface area contributed by atoms with Crippen molar-refractivity contribution < 1.29 is 13.2 Å². The zero-order valence-electron chi connectivity index (χ0n) is 18.7. The fraction of sp³-hybridized carbons (Fsp3) is 0.643. The number of halogens is 3. The topological polar surface area (TPSA) is 0 Å². The van der Waals surface area contributed by atoms with E-state index in [4.69, 9.17) is 0 Å². The van der Waals surface area contributed by atoms with Gasteiger partial charge in [-0.25, -0.2) is 13.2 Å². The molecule has 2 aromatic rings. The number of rotatable bonds is 3. The van der Waals surface area contributed by atoms with Crippen molar-refractivity contribution in [2.24, 2.45) is 29.6 Å². The molecular weight excluding hydrogens is 393 g/mol. The van der Waals surface area contributed by atoms with E-state index in [0.717, 1.165) is 54.1 Å². The molecular formula is C28H35F3. The Morgan fingerprint density at radius 3 is 2.10 bits per heavy atom. The molecule has 0 N–H and O–H groups in total. The molecule has 0 radical (unpaired) electrons. The summed E-state index contributed by atoms with van der Waals surface area (Å²) in [4.78, 5) is 0. The summed E-state index contributed by atoms with van der Waals surface area (Å²) in [6, 6.07) is 6.56. The smallest absolute Gasteiger partial charge is 0.195 e. The van der Waals surface area contributed by atoms with Gasteiger partial charge in [-0.3, -0.25) is 0 Å². The molecule has 31 heavy (non-hydrogen) atoms. The normalized spacial score (nSPS) is 33.9. The molecule has 3 saturated carbocycles. The van der Waals surface area contributed by atoms with Crippen molar-refractivity contribution in [3.05, 3.63) is 47.3 Å². The van der Waals surface area contributed by atoms with Gasteiger partial charge in [-0.2, -0.15) is 0 Å². The zero-order chi connectivity index (χ0) is 21.5. The molecule has 4 unspecified atom stereocenters. The van der Waals surface area contributed by atoms with Crippen LogP contribution in [-0.4, -0.2) is 0 Å². The van der Waals surface area contributed by atoms with Crippen LogP contribution < -0.4 is 0 Å². The van der Waals surface area contributed by atoms with E-state index >= 15 is 0 Å². The molecule has 0 aromatic heterocycles. The summed E-state index contributed by atoms with van der Waals surface area (Å²) in [6.07, 6.45) is 14.9. The van der Waals surface area contributed by atoms with Crippen LogP contribution in [0.4, 0.5) is 13.2 Å². The first-order valence-electron chi connectivity index (χ1n) is 12.6. The van der Waals surface area contributed by atoms with E-state index in [1.807, 2.05) is 12.1 Å². The third-order valence-electron chi connectivity index (χ3n) is 9.25. The molecule has 0 aliphatic heterocycles. The fourth-order valence-electron chi connectivity index (χ4n) is 7.32. The first-order valence-corrected chi connectivity index (χ1v) is 12.6. The van der Waals surface area contributed by atoms with Gasteiger partial charge in [0.25, 0.3) is 0 Å². The quantitative estimate of drug-likeness (QED) is 0.429. The number of benzene rings is 2. The van der Waals surface area contributed by atoms with E-state index in [-0.39, 0.29) is 5.39 Å². The van der Waals surface area contributed by atoms with Crippen LogP contribution in [0.15, 0.2) is 24.3 Å². The summed E-state index contributed by atoms with van der Waals surface area (Å²) in [5.74, 6) is 1.61.